The fourth-order valence-electron chi connectivity index (χ4n) is 0.718. The second-order valence-electron chi connectivity index (χ2n) is 1.79. The van der Waals surface area contributed by atoms with Crippen molar-refractivity contribution in [1.29, 1.82) is 0 Å². The SMILES string of the molecule is BrC1=[C]CCCC1. The number of hydrogen-bond donors (Lipinski definition) is 0. The van der Waals surface area contributed by atoms with Crippen molar-refractivity contribution in [3.8, 4) is 0 Å². The molecule has 1 aliphatic rings. The van der Waals surface area contributed by atoms with E-state index in [1.807, 2.05) is 0 Å². The van der Waals surface area contributed by atoms with Gasteiger partial charge in [0.15, 0.2) is 0 Å². The fourth-order valence-corrected chi connectivity index (χ4v) is 1.20. The van der Waals surface area contributed by atoms with E-state index in [1.165, 1.54) is 23.7 Å². The second kappa shape index (κ2) is 2.51. The third-order valence-corrected chi connectivity index (χ3v) is 1.82. The van der Waals surface area contributed by atoms with Gasteiger partial charge in [0.05, 0.1) is 0 Å². The molecule has 0 N–H and O–H groups in total. The van der Waals surface area contributed by atoms with Crippen molar-refractivity contribution in [3.05, 3.63) is 10.6 Å². The second-order valence-corrected chi connectivity index (χ2v) is 2.75. The zero-order valence-corrected chi connectivity index (χ0v) is 5.79. The molecule has 0 fully saturated rings. The topological polar surface area (TPSA) is 0 Å². The van der Waals surface area contributed by atoms with Crippen LogP contribution in [0.1, 0.15) is 25.7 Å². The molecule has 0 nitrogen and oxygen atoms in total. The van der Waals surface area contributed by atoms with Gasteiger partial charge in [-0.2, -0.15) is 0 Å². The molecule has 0 bridgehead atoms. The molecule has 1 heteroatoms. The molecule has 1 radical (unpaired) electrons. The standard InChI is InChI=1S/C6H8Br/c7-6-4-2-1-3-5-6/h1-4H2. The molecule has 7 heavy (non-hydrogen) atoms. The molecule has 0 saturated carbocycles. The van der Waals surface area contributed by atoms with Crippen LogP contribution >= 0.6 is 15.9 Å². The first-order valence-electron chi connectivity index (χ1n) is 2.65. The molecule has 0 amide bonds. The Labute approximate surface area is 52.7 Å². The maximum Gasteiger partial charge on any atom is -0.00143 e. The van der Waals surface area contributed by atoms with Crippen LogP contribution in [0.4, 0.5) is 0 Å². The maximum atomic E-state index is 3.39. The van der Waals surface area contributed by atoms with Crippen LogP contribution in [0.2, 0.25) is 0 Å². The van der Waals surface area contributed by atoms with E-state index in [-0.39, 0.29) is 0 Å². The van der Waals surface area contributed by atoms with Crippen molar-refractivity contribution >= 4 is 15.9 Å². The highest BCUT2D eigenvalue weighted by atomic mass is 79.9. The molecule has 39 valence electrons. The number of rotatable bonds is 0. The largest absolute Gasteiger partial charge is 0.0553 e. The molecule has 0 aromatic carbocycles. The third kappa shape index (κ3) is 1.64. The van der Waals surface area contributed by atoms with Crippen molar-refractivity contribution < 1.29 is 0 Å². The summed E-state index contributed by atoms with van der Waals surface area (Å²) in [6, 6.07) is 0. The molecule has 1 rings (SSSR count). The highest BCUT2D eigenvalue weighted by Gasteiger charge is 1.97. The first-order chi connectivity index (χ1) is 3.39. The summed E-state index contributed by atoms with van der Waals surface area (Å²) in [5.74, 6) is 0. The first kappa shape index (κ1) is 5.36. The molecule has 0 spiro atoms. The Morgan fingerprint density at radius 2 is 2.29 bits per heavy atom. The lowest BCUT2D eigenvalue weighted by Gasteiger charge is -2.03. The maximum absolute atomic E-state index is 3.39. The third-order valence-electron chi connectivity index (χ3n) is 1.14. The minimum atomic E-state index is 1.15. The average molecular weight is 160 g/mol. The summed E-state index contributed by atoms with van der Waals surface area (Å²) in [6.45, 7) is 0. The number of allylic oxidation sites excluding steroid dienone is 2. The molecular formula is C6H8Br. The van der Waals surface area contributed by atoms with E-state index in [0.29, 0.717) is 0 Å². The van der Waals surface area contributed by atoms with E-state index >= 15 is 0 Å². The quantitative estimate of drug-likeness (QED) is 0.510. The Kier molecular flexibility index (Phi) is 1.92. The summed E-state index contributed by atoms with van der Waals surface area (Å²) in [7, 11) is 0. The minimum absolute atomic E-state index is 1.15. The van der Waals surface area contributed by atoms with E-state index in [9.17, 15) is 0 Å². The summed E-state index contributed by atoms with van der Waals surface area (Å²) in [5.41, 5.74) is 0. The van der Waals surface area contributed by atoms with Gasteiger partial charge in [-0.3, -0.25) is 0 Å². The summed E-state index contributed by atoms with van der Waals surface area (Å²) >= 11 is 3.39. The molecule has 0 aliphatic heterocycles. The van der Waals surface area contributed by atoms with Gasteiger partial charge in [-0.1, -0.05) is 15.9 Å². The molecule has 0 saturated heterocycles. The van der Waals surface area contributed by atoms with Gasteiger partial charge in [0.1, 0.15) is 0 Å². The van der Waals surface area contributed by atoms with E-state index in [1.54, 1.807) is 0 Å². The summed E-state index contributed by atoms with van der Waals surface area (Å²) < 4.78 is 1.28. The Bertz CT molecular complexity index is 84.2. The average Bonchev–Trinajstić information content (AvgIpc) is 1.69. The van der Waals surface area contributed by atoms with E-state index < -0.39 is 0 Å². The van der Waals surface area contributed by atoms with Gasteiger partial charge in [0.2, 0.25) is 0 Å². The lowest BCUT2D eigenvalue weighted by molar-refractivity contribution is 0.713. The van der Waals surface area contributed by atoms with Gasteiger partial charge in [0, 0.05) is 0 Å². The molecule has 0 atom stereocenters. The van der Waals surface area contributed by atoms with Crippen LogP contribution in [0.25, 0.3) is 0 Å². The fraction of sp³-hybridized carbons (Fsp3) is 0.667. The van der Waals surface area contributed by atoms with Gasteiger partial charge in [-0.05, 0) is 36.2 Å². The highest BCUT2D eigenvalue weighted by molar-refractivity contribution is 9.11. The van der Waals surface area contributed by atoms with Gasteiger partial charge < -0.3 is 0 Å². The van der Waals surface area contributed by atoms with Crippen molar-refractivity contribution in [2.24, 2.45) is 0 Å². The van der Waals surface area contributed by atoms with Crippen LogP contribution < -0.4 is 0 Å². The van der Waals surface area contributed by atoms with Crippen LogP contribution in [0.15, 0.2) is 4.48 Å². The Morgan fingerprint density at radius 3 is 2.57 bits per heavy atom. The molecule has 1 aliphatic carbocycles. The van der Waals surface area contributed by atoms with Crippen molar-refractivity contribution in [2.45, 2.75) is 25.7 Å². The lowest BCUT2D eigenvalue weighted by Crippen LogP contribution is -1.83. The first-order valence-corrected chi connectivity index (χ1v) is 3.44. The predicted octanol–water partition coefficient (Wildman–Crippen LogP) is 2.64. The molecule has 0 heterocycles. The molecule has 0 aromatic heterocycles. The zero-order chi connectivity index (χ0) is 5.11. The Hall–Kier alpha value is 0.220. The summed E-state index contributed by atoms with van der Waals surface area (Å²) in [6.07, 6.45) is 8.25. The molecule has 0 aromatic rings. The molecular weight excluding hydrogens is 152 g/mol. The van der Waals surface area contributed by atoms with Gasteiger partial charge in [-0.25, -0.2) is 0 Å². The van der Waals surface area contributed by atoms with Crippen molar-refractivity contribution in [2.75, 3.05) is 0 Å². The van der Waals surface area contributed by atoms with Gasteiger partial charge in [0.25, 0.3) is 0 Å². The summed E-state index contributed by atoms with van der Waals surface area (Å²) in [5, 5.41) is 0. The number of halogens is 1. The summed E-state index contributed by atoms with van der Waals surface area (Å²) in [4.78, 5) is 0. The minimum Gasteiger partial charge on any atom is -0.0553 e. The normalized spacial score (nSPS) is 21.6. The highest BCUT2D eigenvalue weighted by Crippen LogP contribution is 2.20. The van der Waals surface area contributed by atoms with Crippen LogP contribution in [0, 0.1) is 6.08 Å². The Morgan fingerprint density at radius 1 is 1.43 bits per heavy atom. The van der Waals surface area contributed by atoms with Crippen LogP contribution in [0.5, 0.6) is 0 Å². The predicted molar refractivity (Wildman–Crippen MR) is 34.2 cm³/mol. The van der Waals surface area contributed by atoms with Crippen molar-refractivity contribution in [3.63, 3.8) is 0 Å². The van der Waals surface area contributed by atoms with Crippen LogP contribution in [-0.4, -0.2) is 0 Å². The smallest absolute Gasteiger partial charge is 0.00143 e. The Balaban J connectivity index is 2.40. The van der Waals surface area contributed by atoms with Crippen LogP contribution in [0.3, 0.4) is 0 Å². The number of hydrogen-bond acceptors (Lipinski definition) is 0. The van der Waals surface area contributed by atoms with Crippen LogP contribution in [-0.2, 0) is 0 Å². The van der Waals surface area contributed by atoms with Crippen molar-refractivity contribution in [1.82, 2.24) is 0 Å². The van der Waals surface area contributed by atoms with E-state index in [2.05, 4.69) is 22.0 Å². The van der Waals surface area contributed by atoms with Gasteiger partial charge >= 0.3 is 0 Å². The lowest BCUT2D eigenvalue weighted by atomic mass is 10.1. The zero-order valence-electron chi connectivity index (χ0n) is 4.21. The van der Waals surface area contributed by atoms with E-state index in [4.69, 9.17) is 0 Å². The van der Waals surface area contributed by atoms with E-state index in [0.717, 1.165) is 6.42 Å². The molecule has 0 unspecified atom stereocenters. The van der Waals surface area contributed by atoms with Gasteiger partial charge in [-0.15, -0.1) is 0 Å². The monoisotopic (exact) mass is 159 g/mol.